The number of carbonyl (C=O) groups excluding carboxylic acids is 2. The summed E-state index contributed by atoms with van der Waals surface area (Å²) in [6.07, 6.45) is -4.49. The molecule has 2 aromatic carbocycles. The first-order valence-corrected chi connectivity index (χ1v) is 10.1. The number of thiophene rings is 1. The van der Waals surface area contributed by atoms with E-state index in [2.05, 4.69) is 5.32 Å². The number of hydrogen-bond donors (Lipinski definition) is 1. The minimum atomic E-state index is -4.49. The summed E-state index contributed by atoms with van der Waals surface area (Å²) in [5.41, 5.74) is 3.04. The summed E-state index contributed by atoms with van der Waals surface area (Å²) >= 11 is 1.21. The van der Waals surface area contributed by atoms with Gasteiger partial charge in [-0.1, -0.05) is 18.2 Å². The molecule has 4 nitrogen and oxygen atoms in total. The van der Waals surface area contributed by atoms with Crippen LogP contribution >= 0.6 is 11.3 Å². The van der Waals surface area contributed by atoms with Gasteiger partial charge in [0, 0.05) is 16.0 Å². The third-order valence-corrected chi connectivity index (χ3v) is 5.99. The van der Waals surface area contributed by atoms with Crippen molar-refractivity contribution in [2.75, 3.05) is 12.4 Å². The molecule has 0 fully saturated rings. The molecule has 8 heteroatoms. The Morgan fingerprint density at radius 3 is 2.16 bits per heavy atom. The van der Waals surface area contributed by atoms with Gasteiger partial charge in [0.15, 0.2) is 0 Å². The highest BCUT2D eigenvalue weighted by Gasteiger charge is 2.30. The maximum atomic E-state index is 12.8. The molecule has 0 aliphatic heterocycles. The molecule has 0 bridgehead atoms. The van der Waals surface area contributed by atoms with Crippen LogP contribution in [0.25, 0.3) is 11.1 Å². The number of rotatable bonds is 4. The van der Waals surface area contributed by atoms with Gasteiger partial charge in [0.05, 0.1) is 12.7 Å². The molecule has 0 spiro atoms. The number of carbonyl (C=O) groups is 2. The van der Waals surface area contributed by atoms with Crippen LogP contribution in [0, 0.1) is 20.8 Å². The molecule has 1 aromatic heterocycles. The fourth-order valence-electron chi connectivity index (χ4n) is 3.16. The third kappa shape index (κ3) is 4.64. The molecule has 3 aromatic rings. The lowest BCUT2D eigenvalue weighted by molar-refractivity contribution is -0.137. The van der Waals surface area contributed by atoms with Gasteiger partial charge in [-0.15, -0.1) is 11.3 Å². The molecule has 0 radical (unpaired) electrons. The summed E-state index contributed by atoms with van der Waals surface area (Å²) in [6.45, 7) is 5.78. The standard InChI is InChI=1S/C23H20F3NO3S/c1-12-5-6-16(11-13(12)2)18-14(3)31-21(19(18)22(29)30-4)27-20(28)15-7-9-17(10-8-15)23(24,25)26/h5-11H,1-4H3,(H,27,28). The molecule has 0 saturated heterocycles. The molecule has 3 rings (SSSR count). The average molecular weight is 447 g/mol. The van der Waals surface area contributed by atoms with E-state index in [4.69, 9.17) is 4.74 Å². The molecule has 1 N–H and O–H groups in total. The van der Waals surface area contributed by atoms with Crippen molar-refractivity contribution in [2.24, 2.45) is 0 Å². The summed E-state index contributed by atoms with van der Waals surface area (Å²) in [4.78, 5) is 26.0. The monoisotopic (exact) mass is 447 g/mol. The number of aryl methyl sites for hydroxylation is 3. The second-order valence-corrected chi connectivity index (χ2v) is 8.28. The second-order valence-electron chi connectivity index (χ2n) is 7.06. The number of ether oxygens (including phenoxy) is 1. The van der Waals surface area contributed by atoms with E-state index >= 15 is 0 Å². The Bertz CT molecular complexity index is 1150. The third-order valence-electron chi connectivity index (χ3n) is 4.97. The van der Waals surface area contributed by atoms with Crippen LogP contribution in [0.2, 0.25) is 0 Å². The molecule has 0 aliphatic carbocycles. The quantitative estimate of drug-likeness (QED) is 0.471. The van der Waals surface area contributed by atoms with E-state index in [-0.39, 0.29) is 16.1 Å². The number of hydrogen-bond acceptors (Lipinski definition) is 4. The number of methoxy groups -OCH3 is 1. The van der Waals surface area contributed by atoms with Gasteiger partial charge in [0.2, 0.25) is 0 Å². The highest BCUT2D eigenvalue weighted by atomic mass is 32.1. The van der Waals surface area contributed by atoms with Gasteiger partial charge in [-0.05, 0) is 61.7 Å². The predicted molar refractivity (Wildman–Crippen MR) is 115 cm³/mol. The molecule has 0 aliphatic rings. The zero-order chi connectivity index (χ0) is 22.9. The van der Waals surface area contributed by atoms with Crippen LogP contribution in [0.5, 0.6) is 0 Å². The molecule has 1 heterocycles. The van der Waals surface area contributed by atoms with E-state index in [9.17, 15) is 22.8 Å². The molecule has 31 heavy (non-hydrogen) atoms. The zero-order valence-corrected chi connectivity index (χ0v) is 18.1. The van der Waals surface area contributed by atoms with E-state index in [1.807, 2.05) is 39.0 Å². The zero-order valence-electron chi connectivity index (χ0n) is 17.3. The fourth-order valence-corrected chi connectivity index (χ4v) is 4.22. The van der Waals surface area contributed by atoms with Crippen molar-refractivity contribution in [3.63, 3.8) is 0 Å². The van der Waals surface area contributed by atoms with E-state index < -0.39 is 23.6 Å². The number of amides is 1. The van der Waals surface area contributed by atoms with Crippen molar-refractivity contribution in [3.8, 4) is 11.1 Å². The lowest BCUT2D eigenvalue weighted by Crippen LogP contribution is -2.15. The minimum Gasteiger partial charge on any atom is -0.465 e. The second kappa shape index (κ2) is 8.55. The first-order valence-electron chi connectivity index (χ1n) is 9.31. The highest BCUT2D eigenvalue weighted by molar-refractivity contribution is 7.17. The van der Waals surface area contributed by atoms with Gasteiger partial charge in [-0.25, -0.2) is 4.79 Å². The van der Waals surface area contributed by atoms with Gasteiger partial charge >= 0.3 is 12.1 Å². The molecule has 1 amide bonds. The Hall–Kier alpha value is -3.13. The van der Waals surface area contributed by atoms with Gasteiger partial charge in [-0.2, -0.15) is 13.2 Å². The summed E-state index contributed by atoms with van der Waals surface area (Å²) in [5, 5.41) is 2.93. The van der Waals surface area contributed by atoms with Crippen molar-refractivity contribution >= 4 is 28.2 Å². The Kier molecular flexibility index (Phi) is 6.22. The highest BCUT2D eigenvalue weighted by Crippen LogP contribution is 2.41. The summed E-state index contributed by atoms with van der Waals surface area (Å²) in [7, 11) is 1.25. The Morgan fingerprint density at radius 1 is 0.968 bits per heavy atom. The van der Waals surface area contributed by atoms with Crippen molar-refractivity contribution in [3.05, 3.63) is 75.2 Å². The van der Waals surface area contributed by atoms with E-state index in [0.29, 0.717) is 5.56 Å². The topological polar surface area (TPSA) is 55.4 Å². The lowest BCUT2D eigenvalue weighted by atomic mass is 9.97. The minimum absolute atomic E-state index is 0.0441. The van der Waals surface area contributed by atoms with Crippen LogP contribution in [0.1, 0.15) is 42.3 Å². The predicted octanol–water partition coefficient (Wildman–Crippen LogP) is 6.40. The van der Waals surface area contributed by atoms with Crippen molar-refractivity contribution < 1.29 is 27.5 Å². The maximum absolute atomic E-state index is 12.8. The largest absolute Gasteiger partial charge is 0.465 e. The van der Waals surface area contributed by atoms with Gasteiger partial charge < -0.3 is 10.1 Å². The van der Waals surface area contributed by atoms with Crippen LogP contribution in [0.4, 0.5) is 18.2 Å². The number of benzene rings is 2. The molecule has 0 unspecified atom stereocenters. The van der Waals surface area contributed by atoms with Crippen LogP contribution in [0.15, 0.2) is 42.5 Å². The molecular formula is C23H20F3NO3S. The average Bonchev–Trinajstić information content (AvgIpc) is 3.04. The van der Waals surface area contributed by atoms with Crippen molar-refractivity contribution in [2.45, 2.75) is 26.9 Å². The number of anilines is 1. The number of esters is 1. The Morgan fingerprint density at radius 2 is 1.61 bits per heavy atom. The Labute approximate surface area is 181 Å². The van der Waals surface area contributed by atoms with Crippen molar-refractivity contribution in [1.29, 1.82) is 0 Å². The van der Waals surface area contributed by atoms with Crippen LogP contribution in [-0.2, 0) is 10.9 Å². The summed E-state index contributed by atoms with van der Waals surface area (Å²) < 4.78 is 43.2. The number of nitrogens with one attached hydrogen (secondary N) is 1. The normalized spacial score (nSPS) is 11.3. The fraction of sp³-hybridized carbons (Fsp3) is 0.217. The molecule has 0 atom stereocenters. The van der Waals surface area contributed by atoms with Crippen LogP contribution in [-0.4, -0.2) is 19.0 Å². The van der Waals surface area contributed by atoms with Crippen molar-refractivity contribution in [1.82, 2.24) is 0 Å². The van der Waals surface area contributed by atoms with Crippen LogP contribution in [0.3, 0.4) is 0 Å². The van der Waals surface area contributed by atoms with Gasteiger partial charge in [-0.3, -0.25) is 4.79 Å². The molecular weight excluding hydrogens is 427 g/mol. The number of halogens is 3. The smallest absolute Gasteiger partial charge is 0.416 e. The van der Waals surface area contributed by atoms with Gasteiger partial charge in [0.25, 0.3) is 5.91 Å². The van der Waals surface area contributed by atoms with Crippen LogP contribution < -0.4 is 5.32 Å². The number of alkyl halides is 3. The van der Waals surface area contributed by atoms with E-state index in [0.717, 1.165) is 45.8 Å². The van der Waals surface area contributed by atoms with E-state index in [1.54, 1.807) is 0 Å². The first-order chi connectivity index (χ1) is 14.5. The summed E-state index contributed by atoms with van der Waals surface area (Å²) in [6, 6.07) is 9.68. The van der Waals surface area contributed by atoms with E-state index in [1.165, 1.54) is 18.4 Å². The maximum Gasteiger partial charge on any atom is 0.416 e. The molecule has 0 saturated carbocycles. The lowest BCUT2D eigenvalue weighted by Gasteiger charge is -2.10. The summed E-state index contributed by atoms with van der Waals surface area (Å²) in [5.74, 6) is -1.23. The SMILES string of the molecule is COC(=O)c1c(NC(=O)c2ccc(C(F)(F)F)cc2)sc(C)c1-c1ccc(C)c(C)c1. The first kappa shape index (κ1) is 22.6. The Balaban J connectivity index is 2.00. The molecule has 162 valence electrons. The van der Waals surface area contributed by atoms with Gasteiger partial charge in [0.1, 0.15) is 10.6 Å².